The Labute approximate surface area is 156 Å². The molecule has 5 rings (SSSR count). The van der Waals surface area contributed by atoms with Gasteiger partial charge in [0.2, 0.25) is 0 Å². The van der Waals surface area contributed by atoms with Gasteiger partial charge in [0.25, 0.3) is 5.91 Å². The maximum absolute atomic E-state index is 11.5. The standard InChI is InChI=1S/C11H13NO.C9H7N5/c13-11(12-10-7-4-8-10)9-5-2-1-3-6-9;1-2-8-7(4-11-13-8)3-6(1)9-10-5-12-14-9/h1-3,5-6,10H,4,7-8H2,(H,12,13);1-5H,(H,11,13)(H,10,12,14). The van der Waals surface area contributed by atoms with Crippen molar-refractivity contribution in [3.8, 4) is 11.4 Å². The van der Waals surface area contributed by atoms with Crippen LogP contribution in [-0.2, 0) is 0 Å². The topological polar surface area (TPSA) is 99.3 Å². The summed E-state index contributed by atoms with van der Waals surface area (Å²) >= 11 is 0. The van der Waals surface area contributed by atoms with Gasteiger partial charge in [0.15, 0.2) is 5.82 Å². The number of carbonyl (C=O) groups is 1. The van der Waals surface area contributed by atoms with Gasteiger partial charge >= 0.3 is 0 Å². The largest absolute Gasteiger partial charge is 0.349 e. The minimum atomic E-state index is 0.0605. The van der Waals surface area contributed by atoms with E-state index >= 15 is 0 Å². The molecule has 3 N–H and O–H groups in total. The lowest BCUT2D eigenvalue weighted by Crippen LogP contribution is -2.39. The Hall–Kier alpha value is -3.48. The summed E-state index contributed by atoms with van der Waals surface area (Å²) in [5, 5.41) is 17.5. The molecular formula is C20H20N6O. The van der Waals surface area contributed by atoms with Gasteiger partial charge in [-0.05, 0) is 49.6 Å². The fraction of sp³-hybridized carbons (Fsp3) is 0.200. The van der Waals surface area contributed by atoms with Gasteiger partial charge in [-0.1, -0.05) is 18.2 Å². The van der Waals surface area contributed by atoms with Crippen LogP contribution in [0.5, 0.6) is 0 Å². The van der Waals surface area contributed by atoms with Crippen molar-refractivity contribution < 1.29 is 4.79 Å². The first-order valence-corrected chi connectivity index (χ1v) is 8.94. The van der Waals surface area contributed by atoms with Crippen molar-refractivity contribution in [1.82, 2.24) is 30.7 Å². The lowest BCUT2D eigenvalue weighted by Gasteiger charge is -2.26. The van der Waals surface area contributed by atoms with Gasteiger partial charge in [-0.2, -0.15) is 10.2 Å². The second-order valence-electron chi connectivity index (χ2n) is 6.47. The zero-order valence-corrected chi connectivity index (χ0v) is 14.7. The number of nitrogens with one attached hydrogen (secondary N) is 3. The van der Waals surface area contributed by atoms with Crippen molar-refractivity contribution in [3.05, 3.63) is 66.6 Å². The molecule has 1 saturated carbocycles. The summed E-state index contributed by atoms with van der Waals surface area (Å²) in [4.78, 5) is 15.6. The van der Waals surface area contributed by atoms with Crippen molar-refractivity contribution in [2.75, 3.05) is 0 Å². The third-order valence-electron chi connectivity index (χ3n) is 4.61. The van der Waals surface area contributed by atoms with Gasteiger partial charge in [-0.15, -0.1) is 0 Å². The van der Waals surface area contributed by atoms with E-state index < -0.39 is 0 Å². The van der Waals surface area contributed by atoms with Crippen molar-refractivity contribution in [2.45, 2.75) is 25.3 Å². The molecule has 0 radical (unpaired) electrons. The van der Waals surface area contributed by atoms with Crippen LogP contribution in [0.1, 0.15) is 29.6 Å². The monoisotopic (exact) mass is 360 g/mol. The average molecular weight is 360 g/mol. The zero-order valence-electron chi connectivity index (χ0n) is 14.7. The fourth-order valence-electron chi connectivity index (χ4n) is 2.85. The van der Waals surface area contributed by atoms with Gasteiger partial charge in [0, 0.05) is 22.6 Å². The highest BCUT2D eigenvalue weighted by molar-refractivity contribution is 5.94. The molecule has 1 amide bonds. The summed E-state index contributed by atoms with van der Waals surface area (Å²) in [6.07, 6.45) is 6.81. The lowest BCUT2D eigenvalue weighted by atomic mass is 9.93. The van der Waals surface area contributed by atoms with Crippen LogP contribution in [0.15, 0.2) is 61.1 Å². The summed E-state index contributed by atoms with van der Waals surface area (Å²) < 4.78 is 0. The van der Waals surface area contributed by atoms with Crippen LogP contribution >= 0.6 is 0 Å². The van der Waals surface area contributed by atoms with E-state index in [0.717, 1.165) is 40.7 Å². The van der Waals surface area contributed by atoms with Crippen LogP contribution in [-0.4, -0.2) is 37.3 Å². The van der Waals surface area contributed by atoms with Gasteiger partial charge in [0.05, 0.1) is 11.7 Å². The molecular weight excluding hydrogens is 340 g/mol. The molecule has 2 aromatic heterocycles. The number of aromatic nitrogens is 5. The molecule has 0 unspecified atom stereocenters. The number of nitrogens with zero attached hydrogens (tertiary/aromatic N) is 3. The Morgan fingerprint density at radius 2 is 1.89 bits per heavy atom. The minimum Gasteiger partial charge on any atom is -0.349 e. The van der Waals surface area contributed by atoms with E-state index in [1.54, 1.807) is 6.20 Å². The molecule has 1 aliphatic carbocycles. The number of amides is 1. The van der Waals surface area contributed by atoms with E-state index in [2.05, 4.69) is 30.7 Å². The number of hydrogen-bond donors (Lipinski definition) is 3. The van der Waals surface area contributed by atoms with Gasteiger partial charge in [-0.25, -0.2) is 4.98 Å². The number of aromatic amines is 2. The number of hydrogen-bond acceptors (Lipinski definition) is 4. The maximum Gasteiger partial charge on any atom is 0.251 e. The van der Waals surface area contributed by atoms with Gasteiger partial charge in [-0.3, -0.25) is 15.0 Å². The zero-order chi connectivity index (χ0) is 18.5. The molecule has 136 valence electrons. The second kappa shape index (κ2) is 7.82. The summed E-state index contributed by atoms with van der Waals surface area (Å²) in [6, 6.07) is 15.8. The molecule has 0 atom stereocenters. The van der Waals surface area contributed by atoms with Crippen LogP contribution < -0.4 is 5.32 Å². The lowest BCUT2D eigenvalue weighted by molar-refractivity contribution is 0.0917. The Balaban J connectivity index is 0.000000134. The van der Waals surface area contributed by atoms with Crippen LogP contribution in [0.2, 0.25) is 0 Å². The molecule has 2 aromatic carbocycles. The average Bonchev–Trinajstić information content (AvgIpc) is 3.36. The highest BCUT2D eigenvalue weighted by Crippen LogP contribution is 2.19. The molecule has 0 spiro atoms. The smallest absolute Gasteiger partial charge is 0.251 e. The Morgan fingerprint density at radius 3 is 2.59 bits per heavy atom. The van der Waals surface area contributed by atoms with Crippen LogP contribution in [0.4, 0.5) is 0 Å². The molecule has 4 aromatic rings. The number of fused-ring (bicyclic) bond motifs is 1. The minimum absolute atomic E-state index is 0.0605. The number of benzene rings is 2. The van der Waals surface area contributed by atoms with E-state index in [0.29, 0.717) is 6.04 Å². The molecule has 7 nitrogen and oxygen atoms in total. The molecule has 0 saturated heterocycles. The predicted octanol–water partition coefficient (Wildman–Crippen LogP) is 3.32. The molecule has 0 bridgehead atoms. The first-order valence-electron chi connectivity index (χ1n) is 8.94. The molecule has 0 aliphatic heterocycles. The number of carbonyl (C=O) groups excluding carboxylic acids is 1. The Bertz CT molecular complexity index is 1010. The third-order valence-corrected chi connectivity index (χ3v) is 4.61. The Kier molecular flexibility index (Phi) is 4.91. The van der Waals surface area contributed by atoms with Crippen LogP contribution in [0, 0.1) is 0 Å². The molecule has 1 aliphatic rings. The summed E-state index contributed by atoms with van der Waals surface area (Å²) in [7, 11) is 0. The maximum atomic E-state index is 11.5. The molecule has 27 heavy (non-hydrogen) atoms. The van der Waals surface area contributed by atoms with Crippen LogP contribution in [0.25, 0.3) is 22.3 Å². The van der Waals surface area contributed by atoms with Crippen molar-refractivity contribution in [1.29, 1.82) is 0 Å². The Morgan fingerprint density at radius 1 is 1.04 bits per heavy atom. The molecule has 7 heteroatoms. The van der Waals surface area contributed by atoms with Crippen molar-refractivity contribution in [2.24, 2.45) is 0 Å². The predicted molar refractivity (Wildman–Crippen MR) is 103 cm³/mol. The van der Waals surface area contributed by atoms with Crippen LogP contribution in [0.3, 0.4) is 0 Å². The van der Waals surface area contributed by atoms with Gasteiger partial charge in [0.1, 0.15) is 6.33 Å². The second-order valence-corrected chi connectivity index (χ2v) is 6.47. The quantitative estimate of drug-likeness (QED) is 0.522. The SMILES string of the molecule is O=C(NC1CCC1)c1ccccc1.c1n[nH]c(-c2ccc3[nH]ncc3c2)n1. The van der Waals surface area contributed by atoms with E-state index in [9.17, 15) is 4.79 Å². The summed E-state index contributed by atoms with van der Waals surface area (Å²) in [6.45, 7) is 0. The van der Waals surface area contributed by atoms with E-state index in [1.165, 1.54) is 12.7 Å². The molecule has 2 heterocycles. The fourth-order valence-corrected chi connectivity index (χ4v) is 2.85. The first kappa shape index (κ1) is 17.0. The summed E-state index contributed by atoms with van der Waals surface area (Å²) in [5.41, 5.74) is 2.79. The van der Waals surface area contributed by atoms with E-state index in [1.807, 2.05) is 48.5 Å². The van der Waals surface area contributed by atoms with Gasteiger partial charge < -0.3 is 5.32 Å². The normalized spacial score (nSPS) is 13.5. The highest BCUT2D eigenvalue weighted by atomic mass is 16.1. The van der Waals surface area contributed by atoms with E-state index in [4.69, 9.17) is 0 Å². The van der Waals surface area contributed by atoms with Crippen molar-refractivity contribution >= 4 is 16.8 Å². The highest BCUT2D eigenvalue weighted by Gasteiger charge is 2.19. The number of rotatable bonds is 3. The third kappa shape index (κ3) is 4.03. The summed E-state index contributed by atoms with van der Waals surface area (Å²) in [5.74, 6) is 0.832. The first-order chi connectivity index (χ1) is 13.3. The van der Waals surface area contributed by atoms with E-state index in [-0.39, 0.29) is 5.91 Å². The van der Waals surface area contributed by atoms with Crippen molar-refractivity contribution in [3.63, 3.8) is 0 Å². The number of H-pyrrole nitrogens is 2. The molecule has 1 fully saturated rings.